The Morgan fingerprint density at radius 1 is 0.960 bits per heavy atom. The van der Waals surface area contributed by atoms with E-state index in [0.717, 1.165) is 10.1 Å². The van der Waals surface area contributed by atoms with Crippen LogP contribution in [0.3, 0.4) is 0 Å². The zero-order valence-electron chi connectivity index (χ0n) is 29.3. The van der Waals surface area contributed by atoms with Gasteiger partial charge in [-0.25, -0.2) is 19.1 Å². The van der Waals surface area contributed by atoms with Gasteiger partial charge in [0.1, 0.15) is 41.9 Å². The summed E-state index contributed by atoms with van der Waals surface area (Å²) in [7, 11) is -3.98. The number of carbonyl (C=O) groups is 2. The van der Waals surface area contributed by atoms with Crippen molar-refractivity contribution in [2.75, 3.05) is 13.2 Å². The van der Waals surface area contributed by atoms with Gasteiger partial charge in [0, 0.05) is 18.2 Å². The Balaban J connectivity index is 1.48. The quantitative estimate of drug-likeness (QED) is 0.207. The molecule has 0 bridgehead atoms. The minimum atomic E-state index is -3.98. The Labute approximate surface area is 289 Å². The lowest BCUT2D eigenvalue weighted by Crippen LogP contribution is -2.42. The Morgan fingerprint density at radius 2 is 1.60 bits per heavy atom. The predicted molar refractivity (Wildman–Crippen MR) is 175 cm³/mol. The SMILES string of the molecule is Cc1ccc(S(=O)(=O)OCCn2cc(Cn3c(=O)c(C)cn(C4C[C@H](OC(=O)OC(C)(C)C)C(COC(=O)OC(C)(C)C)O4)c3=O)nn2)cc1. The first-order valence-electron chi connectivity index (χ1n) is 15.8. The van der Waals surface area contributed by atoms with E-state index >= 15 is 0 Å². The lowest BCUT2D eigenvalue weighted by atomic mass is 10.2. The molecule has 3 atom stereocenters. The van der Waals surface area contributed by atoms with Gasteiger partial charge in [-0.2, -0.15) is 8.42 Å². The maximum absolute atomic E-state index is 13.7. The highest BCUT2D eigenvalue weighted by Crippen LogP contribution is 2.31. The Morgan fingerprint density at radius 3 is 2.24 bits per heavy atom. The number of hydrogen-bond donors (Lipinski definition) is 0. The molecule has 50 heavy (non-hydrogen) atoms. The molecule has 3 heterocycles. The molecule has 1 fully saturated rings. The van der Waals surface area contributed by atoms with Crippen LogP contribution in [0.15, 0.2) is 51.1 Å². The van der Waals surface area contributed by atoms with Gasteiger partial charge in [-0.05, 0) is 67.5 Å². The van der Waals surface area contributed by atoms with Crippen LogP contribution in [0.1, 0.15) is 71.0 Å². The molecule has 1 aliphatic heterocycles. The summed E-state index contributed by atoms with van der Waals surface area (Å²) in [5, 5.41) is 7.98. The summed E-state index contributed by atoms with van der Waals surface area (Å²) in [4.78, 5) is 51.6. The summed E-state index contributed by atoms with van der Waals surface area (Å²) in [6.45, 7) is 12.5. The molecule has 3 aromatic rings. The fourth-order valence-electron chi connectivity index (χ4n) is 4.77. The average molecular weight is 722 g/mol. The lowest BCUT2D eigenvalue weighted by molar-refractivity contribution is -0.0824. The third-order valence-electron chi connectivity index (χ3n) is 7.02. The van der Waals surface area contributed by atoms with Crippen LogP contribution in [0.2, 0.25) is 0 Å². The van der Waals surface area contributed by atoms with Crippen LogP contribution in [0.5, 0.6) is 0 Å². The van der Waals surface area contributed by atoms with Crippen LogP contribution in [-0.4, -0.2) is 81.5 Å². The average Bonchev–Trinajstić information content (AvgIpc) is 3.60. The zero-order valence-corrected chi connectivity index (χ0v) is 30.1. The molecule has 0 amide bonds. The number of nitrogens with zero attached hydrogens (tertiary/aromatic N) is 5. The molecule has 0 radical (unpaired) electrons. The minimum absolute atomic E-state index is 0.0206. The summed E-state index contributed by atoms with van der Waals surface area (Å²) in [5.74, 6) is 0. The molecule has 1 saturated heterocycles. The van der Waals surface area contributed by atoms with E-state index in [-0.39, 0.29) is 48.9 Å². The standard InChI is InChI=1S/C32H43N5O12S/c1-20-9-11-23(12-10-20)50(42,43)45-14-13-35-17-22(33-34-35)18-37-27(38)21(2)16-36(28(37)39)26-15-24(47-30(41)49-32(6,7)8)25(46-26)19-44-29(40)48-31(3,4)5/h9-12,16-17,24-26H,13-15,18-19H2,1-8H3/t24-,25?,26?/m0/s1. The fraction of sp³-hybridized carbons (Fsp3) is 0.562. The Bertz CT molecular complexity index is 1900. The highest BCUT2D eigenvalue weighted by molar-refractivity contribution is 7.86. The van der Waals surface area contributed by atoms with E-state index < -0.39 is 63.3 Å². The molecule has 18 heteroatoms. The Kier molecular flexibility index (Phi) is 11.6. The molecule has 1 aliphatic rings. The van der Waals surface area contributed by atoms with Crippen molar-refractivity contribution >= 4 is 22.4 Å². The van der Waals surface area contributed by atoms with Crippen molar-refractivity contribution in [1.82, 2.24) is 24.1 Å². The number of aromatic nitrogens is 5. The molecule has 4 rings (SSSR count). The van der Waals surface area contributed by atoms with Crippen molar-refractivity contribution in [3.63, 3.8) is 0 Å². The molecule has 274 valence electrons. The van der Waals surface area contributed by atoms with Crippen LogP contribution < -0.4 is 11.2 Å². The number of carbonyl (C=O) groups excluding carboxylic acids is 2. The van der Waals surface area contributed by atoms with E-state index in [1.54, 1.807) is 53.7 Å². The van der Waals surface area contributed by atoms with Crippen LogP contribution in [-0.2, 0) is 51.1 Å². The molecular formula is C32H43N5O12S. The second-order valence-corrected chi connectivity index (χ2v) is 15.3. The molecule has 0 saturated carbocycles. The van der Waals surface area contributed by atoms with Gasteiger partial charge >= 0.3 is 18.0 Å². The summed E-state index contributed by atoms with van der Waals surface area (Å²) in [6.07, 6.45) is -2.24. The molecule has 0 aliphatic carbocycles. The first kappa shape index (κ1) is 38.3. The molecule has 2 unspecified atom stereocenters. The molecule has 1 aromatic carbocycles. The number of ether oxygens (including phenoxy) is 5. The van der Waals surface area contributed by atoms with E-state index in [1.165, 1.54) is 40.7 Å². The van der Waals surface area contributed by atoms with Crippen molar-refractivity contribution < 1.29 is 45.9 Å². The van der Waals surface area contributed by atoms with Crippen molar-refractivity contribution in [2.24, 2.45) is 0 Å². The van der Waals surface area contributed by atoms with Gasteiger partial charge in [-0.15, -0.1) is 5.10 Å². The van der Waals surface area contributed by atoms with Crippen molar-refractivity contribution in [2.45, 2.75) is 109 Å². The first-order valence-corrected chi connectivity index (χ1v) is 17.2. The van der Waals surface area contributed by atoms with E-state index in [2.05, 4.69) is 10.3 Å². The lowest BCUT2D eigenvalue weighted by Gasteiger charge is -2.23. The van der Waals surface area contributed by atoms with Crippen molar-refractivity contribution in [3.8, 4) is 0 Å². The third kappa shape index (κ3) is 10.5. The molecule has 17 nitrogen and oxygen atoms in total. The minimum Gasteiger partial charge on any atom is -0.431 e. The summed E-state index contributed by atoms with van der Waals surface area (Å²) in [6, 6.07) is 6.23. The highest BCUT2D eigenvalue weighted by Gasteiger charge is 2.41. The van der Waals surface area contributed by atoms with E-state index in [4.69, 9.17) is 27.9 Å². The molecule has 0 spiro atoms. The zero-order chi connectivity index (χ0) is 37.0. The monoisotopic (exact) mass is 721 g/mol. The van der Waals surface area contributed by atoms with Gasteiger partial charge in [-0.1, -0.05) is 22.9 Å². The van der Waals surface area contributed by atoms with Crippen LogP contribution in [0.4, 0.5) is 9.59 Å². The maximum Gasteiger partial charge on any atom is 0.509 e. The predicted octanol–water partition coefficient (Wildman–Crippen LogP) is 3.23. The maximum atomic E-state index is 13.7. The van der Waals surface area contributed by atoms with Crippen LogP contribution >= 0.6 is 0 Å². The number of hydrogen-bond acceptors (Lipinski definition) is 14. The van der Waals surface area contributed by atoms with Gasteiger partial charge in [0.15, 0.2) is 0 Å². The van der Waals surface area contributed by atoms with Gasteiger partial charge in [0.25, 0.3) is 15.7 Å². The van der Waals surface area contributed by atoms with E-state index in [0.29, 0.717) is 0 Å². The molecule has 2 aromatic heterocycles. The Hall–Kier alpha value is -4.55. The van der Waals surface area contributed by atoms with E-state index in [1.807, 2.05) is 6.92 Å². The second-order valence-electron chi connectivity index (χ2n) is 13.7. The number of benzene rings is 1. The fourth-order valence-corrected chi connectivity index (χ4v) is 5.67. The number of rotatable bonds is 11. The van der Waals surface area contributed by atoms with Gasteiger partial charge in [0.05, 0.1) is 30.8 Å². The molecular weight excluding hydrogens is 678 g/mol. The van der Waals surface area contributed by atoms with Crippen molar-refractivity contribution in [3.05, 3.63) is 74.3 Å². The third-order valence-corrected chi connectivity index (χ3v) is 8.35. The van der Waals surface area contributed by atoms with Crippen LogP contribution in [0.25, 0.3) is 0 Å². The molecule has 0 N–H and O–H groups in total. The van der Waals surface area contributed by atoms with Crippen LogP contribution in [0, 0.1) is 13.8 Å². The first-order chi connectivity index (χ1) is 23.2. The summed E-state index contributed by atoms with van der Waals surface area (Å²) >= 11 is 0. The van der Waals surface area contributed by atoms with E-state index in [9.17, 15) is 27.6 Å². The summed E-state index contributed by atoms with van der Waals surface area (Å²) < 4.78 is 60.8. The number of aryl methyl sites for hydroxylation is 2. The highest BCUT2D eigenvalue weighted by atomic mass is 32.2. The van der Waals surface area contributed by atoms with Gasteiger partial charge in [-0.3, -0.25) is 18.1 Å². The summed E-state index contributed by atoms with van der Waals surface area (Å²) in [5.41, 5.74) is -1.66. The second kappa shape index (κ2) is 15.1. The van der Waals surface area contributed by atoms with Gasteiger partial charge in [0.2, 0.25) is 0 Å². The van der Waals surface area contributed by atoms with Crippen molar-refractivity contribution in [1.29, 1.82) is 0 Å². The normalized spacial score (nSPS) is 18.1. The smallest absolute Gasteiger partial charge is 0.431 e. The largest absolute Gasteiger partial charge is 0.509 e. The topological polar surface area (TPSA) is 198 Å². The van der Waals surface area contributed by atoms with Gasteiger partial charge < -0.3 is 23.7 Å².